The quantitative estimate of drug-likeness (QED) is 0.726. The van der Waals surface area contributed by atoms with E-state index in [9.17, 15) is 13.2 Å². The Morgan fingerprint density at radius 1 is 1.14 bits per heavy atom. The Bertz CT molecular complexity index is 1040. The van der Waals surface area contributed by atoms with Crippen molar-refractivity contribution < 1.29 is 17.9 Å². The molecule has 2 aromatic carbocycles. The molecule has 2 aliphatic heterocycles. The van der Waals surface area contributed by atoms with E-state index < -0.39 is 9.84 Å². The normalized spacial score (nSPS) is 23.9. The van der Waals surface area contributed by atoms with Crippen molar-refractivity contribution >= 4 is 32.7 Å². The number of thioether (sulfide) groups is 1. The number of nitrogens with zero attached hydrogens (tertiary/aromatic N) is 2. The number of amidine groups is 1. The highest BCUT2D eigenvalue weighted by Crippen LogP contribution is 2.39. The van der Waals surface area contributed by atoms with Gasteiger partial charge in [0, 0.05) is 17.4 Å². The maximum atomic E-state index is 12.6. The van der Waals surface area contributed by atoms with E-state index >= 15 is 0 Å². The summed E-state index contributed by atoms with van der Waals surface area (Å²) in [6.45, 7) is 0.450. The predicted octanol–water partition coefficient (Wildman–Crippen LogP) is 2.53. The number of hydrogen-bond acceptors (Lipinski definition) is 5. The molecular formula is C21H22N2O4S2. The molecule has 2 saturated heterocycles. The van der Waals surface area contributed by atoms with Crippen molar-refractivity contribution in [1.29, 1.82) is 0 Å². The molecule has 4 rings (SSSR count). The van der Waals surface area contributed by atoms with Crippen molar-refractivity contribution in [2.24, 2.45) is 4.99 Å². The van der Waals surface area contributed by atoms with Crippen molar-refractivity contribution in [3.63, 3.8) is 0 Å². The van der Waals surface area contributed by atoms with Gasteiger partial charge in [0.25, 0.3) is 5.91 Å². The van der Waals surface area contributed by atoms with Crippen molar-refractivity contribution in [3.05, 3.63) is 65.7 Å². The molecule has 0 radical (unpaired) electrons. The van der Waals surface area contributed by atoms with Gasteiger partial charge in [0.2, 0.25) is 0 Å². The van der Waals surface area contributed by atoms with Crippen molar-refractivity contribution in [1.82, 2.24) is 4.90 Å². The molecule has 0 unspecified atom stereocenters. The molecule has 0 bridgehead atoms. The summed E-state index contributed by atoms with van der Waals surface area (Å²) in [4.78, 5) is 18.9. The average Bonchev–Trinajstić information content (AvgIpc) is 3.15. The Morgan fingerprint density at radius 3 is 2.62 bits per heavy atom. The van der Waals surface area contributed by atoms with Gasteiger partial charge in [-0.25, -0.2) is 8.42 Å². The fourth-order valence-corrected chi connectivity index (χ4v) is 7.72. The Kier molecular flexibility index (Phi) is 5.65. The van der Waals surface area contributed by atoms with Crippen LogP contribution in [0.4, 0.5) is 0 Å². The van der Waals surface area contributed by atoms with Gasteiger partial charge >= 0.3 is 0 Å². The van der Waals surface area contributed by atoms with Crippen LogP contribution >= 0.6 is 11.8 Å². The molecule has 152 valence electrons. The van der Waals surface area contributed by atoms with Crippen LogP contribution in [0.2, 0.25) is 0 Å². The minimum Gasteiger partial charge on any atom is -0.496 e. The lowest BCUT2D eigenvalue weighted by Gasteiger charge is -2.25. The van der Waals surface area contributed by atoms with E-state index in [0.29, 0.717) is 11.7 Å². The van der Waals surface area contributed by atoms with Gasteiger partial charge in [-0.2, -0.15) is 4.99 Å². The second-order valence-electron chi connectivity index (χ2n) is 7.19. The van der Waals surface area contributed by atoms with Crippen LogP contribution in [0, 0.1) is 0 Å². The SMILES string of the molecule is COc1ccccc1CN1C(=NC(=O)Cc2ccccc2)S[C@@H]2CS(=O)(=O)C[C@@H]21. The molecule has 8 heteroatoms. The molecule has 6 nitrogen and oxygen atoms in total. The third kappa shape index (κ3) is 4.48. The van der Waals surface area contributed by atoms with Crippen molar-refractivity contribution in [3.8, 4) is 5.75 Å². The molecular weight excluding hydrogens is 408 g/mol. The lowest BCUT2D eigenvalue weighted by atomic mass is 10.1. The first-order valence-corrected chi connectivity index (χ1v) is 12.1. The topological polar surface area (TPSA) is 76.0 Å². The number of carbonyl (C=O) groups excluding carboxylic acids is 1. The number of methoxy groups -OCH3 is 1. The fraction of sp³-hybridized carbons (Fsp3) is 0.333. The van der Waals surface area contributed by atoms with Gasteiger partial charge < -0.3 is 9.64 Å². The third-order valence-electron chi connectivity index (χ3n) is 5.13. The van der Waals surface area contributed by atoms with E-state index in [1.165, 1.54) is 11.8 Å². The van der Waals surface area contributed by atoms with E-state index in [1.807, 2.05) is 59.5 Å². The Balaban J connectivity index is 1.60. The standard InChI is InChI=1S/C21H22N2O4S2/c1-27-18-10-6-5-9-16(18)12-23-17-13-29(25,26)14-19(17)28-21(23)22-20(24)11-15-7-3-2-4-8-15/h2-10,17,19H,11-14H2,1H3/t17-,19+/m0/s1. The zero-order valence-electron chi connectivity index (χ0n) is 16.0. The molecule has 29 heavy (non-hydrogen) atoms. The predicted molar refractivity (Wildman–Crippen MR) is 115 cm³/mol. The summed E-state index contributed by atoms with van der Waals surface area (Å²) < 4.78 is 29.8. The first-order valence-electron chi connectivity index (χ1n) is 9.36. The zero-order valence-corrected chi connectivity index (χ0v) is 17.7. The summed E-state index contributed by atoms with van der Waals surface area (Å²) in [5, 5.41) is 0.500. The molecule has 2 atom stereocenters. The van der Waals surface area contributed by atoms with E-state index in [2.05, 4.69) is 4.99 Å². The van der Waals surface area contributed by atoms with Gasteiger partial charge in [-0.1, -0.05) is 60.3 Å². The summed E-state index contributed by atoms with van der Waals surface area (Å²) in [7, 11) is -1.47. The molecule has 0 aromatic heterocycles. The van der Waals surface area contributed by atoms with Gasteiger partial charge in [0.15, 0.2) is 15.0 Å². The number of hydrogen-bond donors (Lipinski definition) is 0. The van der Waals surface area contributed by atoms with Gasteiger partial charge in [0.05, 0.1) is 31.1 Å². The van der Waals surface area contributed by atoms with Crippen molar-refractivity contribution in [2.45, 2.75) is 24.3 Å². The van der Waals surface area contributed by atoms with Crippen LogP contribution in [0.5, 0.6) is 5.75 Å². The maximum absolute atomic E-state index is 12.6. The lowest BCUT2D eigenvalue weighted by molar-refractivity contribution is -0.117. The number of carbonyl (C=O) groups is 1. The van der Waals surface area contributed by atoms with Gasteiger partial charge in [-0.3, -0.25) is 4.79 Å². The van der Waals surface area contributed by atoms with E-state index in [0.717, 1.165) is 16.9 Å². The molecule has 1 amide bonds. The smallest absolute Gasteiger partial charge is 0.252 e. The molecule has 0 N–H and O–H groups in total. The molecule has 0 aliphatic carbocycles. The van der Waals surface area contributed by atoms with Gasteiger partial charge in [-0.05, 0) is 11.6 Å². The molecule has 0 saturated carbocycles. The number of para-hydroxylation sites is 1. The number of aliphatic imine (C=N–C) groups is 1. The molecule has 2 aromatic rings. The number of amides is 1. The van der Waals surface area contributed by atoms with Crippen LogP contribution in [-0.2, 0) is 27.6 Å². The van der Waals surface area contributed by atoms with Crippen LogP contribution < -0.4 is 4.74 Å². The van der Waals surface area contributed by atoms with Crippen LogP contribution in [0.3, 0.4) is 0 Å². The highest BCUT2D eigenvalue weighted by molar-refractivity contribution is 8.15. The van der Waals surface area contributed by atoms with Gasteiger partial charge in [0.1, 0.15) is 5.75 Å². The maximum Gasteiger partial charge on any atom is 0.252 e. The fourth-order valence-electron chi connectivity index (χ4n) is 3.75. The highest BCUT2D eigenvalue weighted by Gasteiger charge is 2.48. The zero-order chi connectivity index (χ0) is 20.4. The molecule has 2 heterocycles. The second-order valence-corrected chi connectivity index (χ2v) is 10.6. The summed E-state index contributed by atoms with van der Waals surface area (Å²) in [5.74, 6) is 0.714. The van der Waals surface area contributed by atoms with Gasteiger partial charge in [-0.15, -0.1) is 0 Å². The summed E-state index contributed by atoms with van der Waals surface area (Å²) >= 11 is 1.40. The van der Waals surface area contributed by atoms with Crippen LogP contribution in [0.1, 0.15) is 11.1 Å². The largest absolute Gasteiger partial charge is 0.496 e. The number of sulfone groups is 1. The Hall–Kier alpha value is -2.32. The minimum absolute atomic E-state index is 0.0890. The number of benzene rings is 2. The van der Waals surface area contributed by atoms with E-state index in [4.69, 9.17) is 4.74 Å². The average molecular weight is 431 g/mol. The third-order valence-corrected chi connectivity index (χ3v) is 8.37. The van der Waals surface area contributed by atoms with E-state index in [-0.39, 0.29) is 35.1 Å². The summed E-state index contributed by atoms with van der Waals surface area (Å²) in [6, 6.07) is 16.9. The number of ether oxygens (including phenoxy) is 1. The van der Waals surface area contributed by atoms with Crippen molar-refractivity contribution in [2.75, 3.05) is 18.6 Å². The Morgan fingerprint density at radius 2 is 1.86 bits per heavy atom. The minimum atomic E-state index is -3.08. The Labute approximate surface area is 174 Å². The lowest BCUT2D eigenvalue weighted by Crippen LogP contribution is -2.37. The summed E-state index contributed by atoms with van der Waals surface area (Å²) in [6.07, 6.45) is 0.223. The molecule has 2 fully saturated rings. The second kappa shape index (κ2) is 8.20. The monoisotopic (exact) mass is 430 g/mol. The number of rotatable bonds is 5. The summed E-state index contributed by atoms with van der Waals surface area (Å²) in [5.41, 5.74) is 1.84. The first kappa shape index (κ1) is 20.0. The number of fused-ring (bicyclic) bond motifs is 1. The van der Waals surface area contributed by atoms with E-state index in [1.54, 1.807) is 7.11 Å². The molecule has 2 aliphatic rings. The van der Waals surface area contributed by atoms with Crippen LogP contribution in [0.15, 0.2) is 59.6 Å². The molecule has 0 spiro atoms. The highest BCUT2D eigenvalue weighted by atomic mass is 32.2. The van der Waals surface area contributed by atoms with Crippen LogP contribution in [-0.4, -0.2) is 54.3 Å². The first-order chi connectivity index (χ1) is 13.9. The van der Waals surface area contributed by atoms with Crippen LogP contribution in [0.25, 0.3) is 0 Å².